The van der Waals surface area contributed by atoms with Crippen LogP contribution in [0.4, 0.5) is 5.69 Å². The first kappa shape index (κ1) is 23.2. The van der Waals surface area contributed by atoms with Crippen molar-refractivity contribution in [2.24, 2.45) is 0 Å². The van der Waals surface area contributed by atoms with Gasteiger partial charge in [0.25, 0.3) is 0 Å². The fourth-order valence-electron chi connectivity index (χ4n) is 2.53. The number of carbonyl (C=O) groups excluding carboxylic acids is 1. The average Bonchev–Trinajstić information content (AvgIpc) is 2.64. The zero-order valence-electron chi connectivity index (χ0n) is 17.0. The summed E-state index contributed by atoms with van der Waals surface area (Å²) < 4.78 is 31.6. The van der Waals surface area contributed by atoms with E-state index in [0.29, 0.717) is 35.2 Å². The molecule has 0 atom stereocenters. The fraction of sp³-hybridized carbons (Fsp3) is 0.350. The van der Waals surface area contributed by atoms with Crippen molar-refractivity contribution in [3.05, 3.63) is 53.1 Å². The molecule has 9 heteroatoms. The average molecular weight is 440 g/mol. The summed E-state index contributed by atoms with van der Waals surface area (Å²) in [6.45, 7) is 2.83. The number of hydrogen-bond acceptors (Lipinski definition) is 5. The first-order valence-electron chi connectivity index (χ1n) is 8.99. The van der Waals surface area contributed by atoms with Crippen LogP contribution in [0.1, 0.15) is 5.56 Å². The molecule has 1 amide bonds. The molecule has 0 radical (unpaired) electrons. The maximum absolute atomic E-state index is 12.4. The number of sulfonamides is 1. The molecule has 29 heavy (non-hydrogen) atoms. The summed E-state index contributed by atoms with van der Waals surface area (Å²) in [4.78, 5) is 14.3. The summed E-state index contributed by atoms with van der Waals surface area (Å²) in [5, 5.41) is 3.39. The highest BCUT2D eigenvalue weighted by Gasteiger charge is 2.20. The van der Waals surface area contributed by atoms with Crippen LogP contribution in [0, 0.1) is 6.92 Å². The normalized spacial score (nSPS) is 11.7. The monoisotopic (exact) mass is 439 g/mol. The molecule has 2 aromatic carbocycles. The first-order chi connectivity index (χ1) is 13.6. The van der Waals surface area contributed by atoms with Crippen molar-refractivity contribution < 1.29 is 17.9 Å². The van der Waals surface area contributed by atoms with Gasteiger partial charge in [-0.3, -0.25) is 9.69 Å². The lowest BCUT2D eigenvalue weighted by Gasteiger charge is -2.18. The van der Waals surface area contributed by atoms with Crippen molar-refractivity contribution in [2.45, 2.75) is 11.8 Å². The van der Waals surface area contributed by atoms with Gasteiger partial charge in [0.1, 0.15) is 12.4 Å². The topological polar surface area (TPSA) is 79.0 Å². The third-order valence-electron chi connectivity index (χ3n) is 4.20. The van der Waals surface area contributed by atoms with E-state index in [2.05, 4.69) is 5.32 Å². The van der Waals surface area contributed by atoms with Crippen LogP contribution in [0.25, 0.3) is 0 Å². The summed E-state index contributed by atoms with van der Waals surface area (Å²) in [5.74, 6) is 0.470. The molecule has 0 fully saturated rings. The van der Waals surface area contributed by atoms with Gasteiger partial charge in [-0.05, 0) is 55.9 Å². The third-order valence-corrected chi connectivity index (χ3v) is 6.41. The molecule has 0 spiro atoms. The van der Waals surface area contributed by atoms with Gasteiger partial charge >= 0.3 is 0 Å². The minimum absolute atomic E-state index is 0.146. The van der Waals surface area contributed by atoms with Crippen molar-refractivity contribution in [1.82, 2.24) is 9.21 Å². The maximum Gasteiger partial charge on any atom is 0.242 e. The molecule has 0 heterocycles. The Morgan fingerprint density at radius 3 is 2.38 bits per heavy atom. The number of halogens is 1. The molecule has 0 aliphatic rings. The van der Waals surface area contributed by atoms with E-state index < -0.39 is 10.0 Å². The molecule has 0 aromatic heterocycles. The van der Waals surface area contributed by atoms with Gasteiger partial charge < -0.3 is 10.1 Å². The number of aryl methyl sites for hydroxylation is 1. The van der Waals surface area contributed by atoms with E-state index in [1.807, 2.05) is 11.9 Å². The molecular formula is C20H26ClN3O4S. The van der Waals surface area contributed by atoms with E-state index in [1.54, 1.807) is 43.3 Å². The predicted molar refractivity (Wildman–Crippen MR) is 115 cm³/mol. The highest BCUT2D eigenvalue weighted by Crippen LogP contribution is 2.22. The Bertz CT molecular complexity index is 947. The minimum atomic E-state index is -3.58. The van der Waals surface area contributed by atoms with Crippen molar-refractivity contribution in [1.29, 1.82) is 0 Å². The maximum atomic E-state index is 12.4. The molecule has 2 rings (SSSR count). The molecule has 0 unspecified atom stereocenters. The van der Waals surface area contributed by atoms with Gasteiger partial charge in [-0.15, -0.1) is 0 Å². The largest absolute Gasteiger partial charge is 0.492 e. The Morgan fingerprint density at radius 1 is 1.10 bits per heavy atom. The van der Waals surface area contributed by atoms with Crippen molar-refractivity contribution in [3.8, 4) is 5.75 Å². The lowest BCUT2D eigenvalue weighted by Crippen LogP contribution is -2.33. The third kappa shape index (κ3) is 6.71. The number of anilines is 1. The van der Waals surface area contributed by atoms with Crippen molar-refractivity contribution in [3.63, 3.8) is 0 Å². The quantitative estimate of drug-likeness (QED) is 0.650. The summed E-state index contributed by atoms with van der Waals surface area (Å²) >= 11 is 5.83. The number of rotatable bonds is 9. The van der Waals surface area contributed by atoms with Gasteiger partial charge in [-0.2, -0.15) is 0 Å². The summed E-state index contributed by atoms with van der Waals surface area (Å²) in [5.41, 5.74) is 1.06. The summed E-state index contributed by atoms with van der Waals surface area (Å²) in [7, 11) is 1.17. The van der Waals surface area contributed by atoms with E-state index in [4.69, 9.17) is 16.3 Å². The van der Waals surface area contributed by atoms with E-state index in [0.717, 1.165) is 4.31 Å². The van der Waals surface area contributed by atoms with Crippen LogP contribution in [-0.4, -0.2) is 64.4 Å². The number of nitrogens with zero attached hydrogens (tertiary/aromatic N) is 2. The molecule has 0 saturated heterocycles. The number of carbonyl (C=O) groups is 1. The molecule has 0 bridgehead atoms. The molecule has 0 saturated carbocycles. The molecule has 7 nitrogen and oxygen atoms in total. The highest BCUT2D eigenvalue weighted by atomic mass is 35.5. The number of likely N-dealkylation sites (N-methyl/N-ethyl adjacent to an activating group) is 1. The van der Waals surface area contributed by atoms with E-state index in [1.165, 1.54) is 20.2 Å². The lowest BCUT2D eigenvalue weighted by molar-refractivity contribution is -0.117. The van der Waals surface area contributed by atoms with Gasteiger partial charge in [0.15, 0.2) is 0 Å². The highest BCUT2D eigenvalue weighted by molar-refractivity contribution is 7.89. The number of amides is 1. The van der Waals surface area contributed by atoms with Crippen LogP contribution >= 0.6 is 11.6 Å². The SMILES string of the molecule is Cc1ccc(NC(=O)CN(C)CCOc2ccc(Cl)cc2)cc1S(=O)(=O)N(C)C. The lowest BCUT2D eigenvalue weighted by atomic mass is 10.2. The molecule has 1 N–H and O–H groups in total. The minimum Gasteiger partial charge on any atom is -0.492 e. The molecule has 158 valence electrons. The number of hydrogen-bond donors (Lipinski definition) is 1. The summed E-state index contributed by atoms with van der Waals surface area (Å²) in [6.07, 6.45) is 0. The van der Waals surface area contributed by atoms with Crippen LogP contribution < -0.4 is 10.1 Å². The molecule has 0 aliphatic heterocycles. The zero-order chi connectivity index (χ0) is 21.6. The second-order valence-electron chi connectivity index (χ2n) is 6.86. The van der Waals surface area contributed by atoms with Gasteiger partial charge in [0.05, 0.1) is 11.4 Å². The number of nitrogens with one attached hydrogen (secondary N) is 1. The standard InChI is InChI=1S/C20H26ClN3O4S/c1-15-5-8-17(13-19(15)29(26,27)23(2)3)22-20(25)14-24(4)11-12-28-18-9-6-16(21)7-10-18/h5-10,13H,11-12,14H2,1-4H3,(H,22,25). The van der Waals surface area contributed by atoms with Crippen molar-refractivity contribution in [2.75, 3.05) is 46.2 Å². The Hall–Kier alpha value is -2.13. The van der Waals surface area contributed by atoms with Gasteiger partial charge in [0.2, 0.25) is 15.9 Å². The van der Waals surface area contributed by atoms with Crippen LogP contribution in [0.5, 0.6) is 5.75 Å². The molecular weight excluding hydrogens is 414 g/mol. The molecule has 0 aliphatic carbocycles. The second-order valence-corrected chi connectivity index (χ2v) is 9.41. The van der Waals surface area contributed by atoms with Crippen LogP contribution in [0.15, 0.2) is 47.4 Å². The number of benzene rings is 2. The van der Waals surface area contributed by atoms with Gasteiger partial charge in [-0.25, -0.2) is 12.7 Å². The predicted octanol–water partition coefficient (Wildman–Crippen LogP) is 2.85. The van der Waals surface area contributed by atoms with Gasteiger partial charge in [-0.1, -0.05) is 17.7 Å². The fourth-order valence-corrected chi connectivity index (χ4v) is 3.80. The van der Waals surface area contributed by atoms with E-state index >= 15 is 0 Å². The van der Waals surface area contributed by atoms with E-state index in [9.17, 15) is 13.2 Å². The second kappa shape index (κ2) is 10.1. The van der Waals surface area contributed by atoms with Crippen LogP contribution in [0.2, 0.25) is 5.02 Å². The first-order valence-corrected chi connectivity index (χ1v) is 10.8. The number of ether oxygens (including phenoxy) is 1. The van der Waals surface area contributed by atoms with E-state index in [-0.39, 0.29) is 17.3 Å². The van der Waals surface area contributed by atoms with Crippen LogP contribution in [0.3, 0.4) is 0 Å². The Kier molecular flexibility index (Phi) is 8.04. The smallest absolute Gasteiger partial charge is 0.242 e. The molecule has 2 aromatic rings. The van der Waals surface area contributed by atoms with Gasteiger partial charge in [0, 0.05) is 31.4 Å². The Balaban J connectivity index is 1.89. The zero-order valence-corrected chi connectivity index (χ0v) is 18.5. The summed E-state index contributed by atoms with van der Waals surface area (Å²) in [6, 6.07) is 11.9. The van der Waals surface area contributed by atoms with Crippen molar-refractivity contribution >= 4 is 33.2 Å². The van der Waals surface area contributed by atoms with Crippen LogP contribution in [-0.2, 0) is 14.8 Å². The Labute approximate surface area is 177 Å². The Morgan fingerprint density at radius 2 is 1.76 bits per heavy atom.